The molecule has 0 atom stereocenters. The minimum Gasteiger partial charge on any atom is -0.481 e. The zero-order valence-electron chi connectivity index (χ0n) is 18.9. The minimum absolute atomic E-state index is 0. The molecule has 0 radical (unpaired) electrons. The first-order valence-electron chi connectivity index (χ1n) is 10.1. The van der Waals surface area contributed by atoms with E-state index >= 15 is 0 Å². The summed E-state index contributed by atoms with van der Waals surface area (Å²) in [5, 5.41) is 25.0. The average Bonchev–Trinajstić information content (AvgIpc) is 2.57. The van der Waals surface area contributed by atoms with Gasteiger partial charge < -0.3 is 26.4 Å². The van der Waals surface area contributed by atoms with Gasteiger partial charge in [0.25, 0.3) is 17.9 Å². The smallest absolute Gasteiger partial charge is 0.300 e. The Morgan fingerprint density at radius 2 is 1.00 bits per heavy atom. The van der Waals surface area contributed by atoms with Crippen molar-refractivity contribution in [3.63, 3.8) is 0 Å². The summed E-state index contributed by atoms with van der Waals surface area (Å²) in [7, 11) is 0. The van der Waals surface area contributed by atoms with Gasteiger partial charge in [-0.05, 0) is 6.42 Å². The molecule has 0 aliphatic heterocycles. The second-order valence-corrected chi connectivity index (χ2v) is 6.27. The summed E-state index contributed by atoms with van der Waals surface area (Å²) in [6, 6.07) is 0. The van der Waals surface area contributed by atoms with Crippen LogP contribution in [0.3, 0.4) is 0 Å². The number of hydrogen-bond acceptors (Lipinski definition) is 5. The molecule has 1 amide bonds. The van der Waals surface area contributed by atoms with Gasteiger partial charge in [0.1, 0.15) is 0 Å². The fourth-order valence-electron chi connectivity index (χ4n) is 1.90. The van der Waals surface area contributed by atoms with Crippen molar-refractivity contribution in [1.82, 2.24) is 5.32 Å². The quantitative estimate of drug-likeness (QED) is 0.209. The molecule has 0 spiro atoms. The Labute approximate surface area is 191 Å². The number of nitrogens with one attached hydrogen (secondary N) is 1. The van der Waals surface area contributed by atoms with Crippen LogP contribution in [0.15, 0.2) is 0 Å². The molecular formula is C20H42N2NiO7. The van der Waals surface area contributed by atoms with Gasteiger partial charge in [0.2, 0.25) is 5.91 Å². The van der Waals surface area contributed by atoms with Crippen LogP contribution in [0.1, 0.15) is 91.9 Å². The molecule has 0 fully saturated rings. The minimum atomic E-state index is -0.833. The van der Waals surface area contributed by atoms with E-state index in [1.807, 2.05) is 0 Å². The van der Waals surface area contributed by atoms with Gasteiger partial charge in [-0.1, -0.05) is 58.3 Å². The first-order chi connectivity index (χ1) is 13.5. The molecule has 0 rings (SSSR count). The van der Waals surface area contributed by atoms with E-state index in [1.54, 1.807) is 0 Å². The van der Waals surface area contributed by atoms with E-state index in [1.165, 1.54) is 51.4 Å². The molecule has 9 nitrogen and oxygen atoms in total. The fraction of sp³-hybridized carbons (Fsp3) is 0.800. The van der Waals surface area contributed by atoms with Gasteiger partial charge >= 0.3 is 0 Å². The van der Waals surface area contributed by atoms with Crippen LogP contribution in [-0.2, 0) is 35.7 Å². The van der Waals surface area contributed by atoms with Gasteiger partial charge in [0.05, 0.1) is 0 Å². The van der Waals surface area contributed by atoms with E-state index in [2.05, 4.69) is 12.2 Å². The maximum Gasteiger partial charge on any atom is 0.300 e. The summed E-state index contributed by atoms with van der Waals surface area (Å²) < 4.78 is 0. The van der Waals surface area contributed by atoms with E-state index in [0.717, 1.165) is 27.2 Å². The number of carbonyl (C=O) groups excluding carboxylic acids is 1. The van der Waals surface area contributed by atoms with Crippen LogP contribution in [0.4, 0.5) is 0 Å². The van der Waals surface area contributed by atoms with E-state index in [0.29, 0.717) is 19.5 Å². The molecule has 0 aromatic carbocycles. The second kappa shape index (κ2) is 34.8. The van der Waals surface area contributed by atoms with Gasteiger partial charge in [0, 0.05) is 56.8 Å². The molecule has 0 bridgehead atoms. The van der Waals surface area contributed by atoms with Crippen molar-refractivity contribution in [2.75, 3.05) is 13.1 Å². The fourth-order valence-corrected chi connectivity index (χ4v) is 1.90. The molecule has 0 aromatic heterocycles. The number of amides is 1. The first-order valence-corrected chi connectivity index (χ1v) is 10.1. The van der Waals surface area contributed by atoms with Crippen LogP contribution in [-0.4, -0.2) is 52.2 Å². The molecule has 0 saturated heterocycles. The summed E-state index contributed by atoms with van der Waals surface area (Å²) in [5.74, 6) is -2.35. The Bertz CT molecular complexity index is 368. The molecule has 6 N–H and O–H groups in total. The Balaban J connectivity index is -0.000000131. The summed E-state index contributed by atoms with van der Waals surface area (Å²) in [6.45, 7) is 6.63. The molecule has 0 heterocycles. The van der Waals surface area contributed by atoms with Crippen LogP contribution in [0.25, 0.3) is 0 Å². The third kappa shape index (κ3) is 95.1. The number of carboxylic acids is 3. The van der Waals surface area contributed by atoms with Crippen LogP contribution < -0.4 is 11.1 Å². The summed E-state index contributed by atoms with van der Waals surface area (Å²) >= 11 is 0. The number of rotatable bonds is 12. The number of unbranched alkanes of at least 4 members (excludes halogenated alkanes) is 8. The van der Waals surface area contributed by atoms with Crippen molar-refractivity contribution >= 4 is 23.8 Å². The third-order valence-electron chi connectivity index (χ3n) is 2.97. The average molecular weight is 481 g/mol. The second-order valence-electron chi connectivity index (χ2n) is 6.27. The largest absolute Gasteiger partial charge is 0.481 e. The molecule has 10 heteroatoms. The zero-order chi connectivity index (χ0) is 23.5. The molecule has 0 aromatic rings. The molecule has 0 unspecified atom stereocenters. The number of nitrogens with two attached hydrogens (primary N) is 1. The standard InChI is InChI=1S/C14H30N2O.3C2H4O2.Ni/c1-2-3-4-5-6-7-8-9-10-11-14(17)16-13-12-15;3*1-2(3)4;/h2-13,15H2,1H3,(H,16,17);3*1H3,(H,3,4);. The van der Waals surface area contributed by atoms with Crippen LogP contribution >= 0.6 is 0 Å². The molecule has 184 valence electrons. The zero-order valence-corrected chi connectivity index (χ0v) is 19.8. The maximum absolute atomic E-state index is 11.2. The number of hydrogen-bond donors (Lipinski definition) is 5. The Hall–Kier alpha value is -1.67. The van der Waals surface area contributed by atoms with Gasteiger partial charge in [-0.2, -0.15) is 0 Å². The SMILES string of the molecule is CC(=O)O.CC(=O)O.CC(=O)O.CCCCCCCCCCCC(=O)NCCN.[Ni]. The molecule has 0 saturated carbocycles. The monoisotopic (exact) mass is 480 g/mol. The summed E-state index contributed by atoms with van der Waals surface area (Å²) in [6.07, 6.45) is 12.3. The van der Waals surface area contributed by atoms with E-state index in [9.17, 15) is 4.79 Å². The van der Waals surface area contributed by atoms with Crippen molar-refractivity contribution in [3.05, 3.63) is 0 Å². The van der Waals surface area contributed by atoms with Gasteiger partial charge in [-0.3, -0.25) is 19.2 Å². The van der Waals surface area contributed by atoms with Crippen molar-refractivity contribution in [2.45, 2.75) is 91.9 Å². The Kier molecular flexibility index (Phi) is 45.1. The third-order valence-corrected chi connectivity index (χ3v) is 2.97. The number of carbonyl (C=O) groups is 4. The van der Waals surface area contributed by atoms with Crippen molar-refractivity contribution in [1.29, 1.82) is 0 Å². The van der Waals surface area contributed by atoms with E-state index in [-0.39, 0.29) is 22.4 Å². The normalized spacial score (nSPS) is 8.43. The summed E-state index contributed by atoms with van der Waals surface area (Å²) in [4.78, 5) is 38.2. The van der Waals surface area contributed by atoms with Crippen molar-refractivity contribution in [3.8, 4) is 0 Å². The van der Waals surface area contributed by atoms with Crippen molar-refractivity contribution in [2.24, 2.45) is 5.73 Å². The van der Waals surface area contributed by atoms with E-state index < -0.39 is 17.9 Å². The van der Waals surface area contributed by atoms with Crippen molar-refractivity contribution < 1.29 is 51.0 Å². The van der Waals surface area contributed by atoms with Gasteiger partial charge in [0.15, 0.2) is 0 Å². The topological polar surface area (TPSA) is 167 Å². The molecule has 30 heavy (non-hydrogen) atoms. The Morgan fingerprint density at radius 3 is 1.30 bits per heavy atom. The number of carboxylic acid groups (broad SMARTS) is 3. The molecular weight excluding hydrogens is 439 g/mol. The van der Waals surface area contributed by atoms with Gasteiger partial charge in [-0.15, -0.1) is 0 Å². The molecule has 0 aliphatic carbocycles. The Morgan fingerprint density at radius 1 is 0.700 bits per heavy atom. The van der Waals surface area contributed by atoms with Crippen LogP contribution in [0, 0.1) is 0 Å². The summed E-state index contributed by atoms with van der Waals surface area (Å²) in [5.41, 5.74) is 5.31. The number of aliphatic carboxylic acids is 3. The maximum atomic E-state index is 11.2. The van der Waals surface area contributed by atoms with Crippen LogP contribution in [0.2, 0.25) is 0 Å². The first kappa shape index (κ1) is 38.9. The van der Waals surface area contributed by atoms with Gasteiger partial charge in [-0.25, -0.2) is 0 Å². The van der Waals surface area contributed by atoms with Crippen LogP contribution in [0.5, 0.6) is 0 Å². The predicted octanol–water partition coefficient (Wildman–Crippen LogP) is 3.25. The predicted molar refractivity (Wildman–Crippen MR) is 114 cm³/mol. The molecule has 0 aliphatic rings. The van der Waals surface area contributed by atoms with E-state index in [4.69, 9.17) is 35.4 Å².